The van der Waals surface area contributed by atoms with Crippen LogP contribution in [0.3, 0.4) is 0 Å². The maximum absolute atomic E-state index is 12.3. The van der Waals surface area contributed by atoms with Gasteiger partial charge in [-0.05, 0) is 6.92 Å². The van der Waals surface area contributed by atoms with Crippen molar-refractivity contribution < 1.29 is 13.2 Å². The Morgan fingerprint density at radius 1 is 1.33 bits per heavy atom. The van der Waals surface area contributed by atoms with Crippen molar-refractivity contribution in [1.29, 1.82) is 0 Å². The Labute approximate surface area is 106 Å². The first-order chi connectivity index (χ1) is 8.33. The summed E-state index contributed by atoms with van der Waals surface area (Å²) < 4.78 is 39.9. The SMILES string of the molecule is Cc1nn(C)c2c1nc(CCl)n2CCC(F)(F)F. The van der Waals surface area contributed by atoms with E-state index >= 15 is 0 Å². The van der Waals surface area contributed by atoms with Gasteiger partial charge >= 0.3 is 6.18 Å². The smallest absolute Gasteiger partial charge is 0.312 e. The van der Waals surface area contributed by atoms with E-state index in [9.17, 15) is 13.2 Å². The van der Waals surface area contributed by atoms with Gasteiger partial charge in [-0.1, -0.05) is 0 Å². The van der Waals surface area contributed by atoms with Crippen LogP contribution in [0.2, 0.25) is 0 Å². The van der Waals surface area contributed by atoms with Crippen LogP contribution in [0.4, 0.5) is 13.2 Å². The van der Waals surface area contributed by atoms with E-state index in [-0.39, 0.29) is 12.4 Å². The van der Waals surface area contributed by atoms with E-state index in [1.165, 1.54) is 9.25 Å². The van der Waals surface area contributed by atoms with E-state index in [1.54, 1.807) is 14.0 Å². The van der Waals surface area contributed by atoms with E-state index in [4.69, 9.17) is 11.6 Å². The monoisotopic (exact) mass is 280 g/mol. The molecule has 0 aliphatic heterocycles. The van der Waals surface area contributed by atoms with Gasteiger partial charge in [-0.15, -0.1) is 11.6 Å². The van der Waals surface area contributed by atoms with Crippen LogP contribution in [0.15, 0.2) is 0 Å². The van der Waals surface area contributed by atoms with E-state index in [1.807, 2.05) is 0 Å². The number of aromatic nitrogens is 4. The zero-order valence-corrected chi connectivity index (χ0v) is 10.7. The zero-order chi connectivity index (χ0) is 13.5. The fourth-order valence-corrected chi connectivity index (χ4v) is 2.16. The number of hydrogen-bond donors (Lipinski definition) is 0. The lowest BCUT2D eigenvalue weighted by molar-refractivity contribution is -0.136. The van der Waals surface area contributed by atoms with Crippen LogP contribution >= 0.6 is 11.6 Å². The molecule has 18 heavy (non-hydrogen) atoms. The van der Waals surface area contributed by atoms with E-state index in [2.05, 4.69) is 10.1 Å². The predicted molar refractivity (Wildman–Crippen MR) is 61.5 cm³/mol. The highest BCUT2D eigenvalue weighted by atomic mass is 35.5. The number of halogens is 4. The normalized spacial score (nSPS) is 12.6. The molecule has 0 aliphatic rings. The first kappa shape index (κ1) is 13.2. The molecule has 2 aromatic heterocycles. The summed E-state index contributed by atoms with van der Waals surface area (Å²) in [6.45, 7) is 1.57. The third-order valence-corrected chi connectivity index (χ3v) is 2.95. The summed E-state index contributed by atoms with van der Waals surface area (Å²) in [4.78, 5) is 4.23. The van der Waals surface area contributed by atoms with E-state index < -0.39 is 12.6 Å². The molecule has 4 nitrogen and oxygen atoms in total. The second-order valence-corrected chi connectivity index (χ2v) is 4.33. The minimum atomic E-state index is -4.20. The Bertz CT molecular complexity index is 570. The summed E-state index contributed by atoms with van der Waals surface area (Å²) in [5.41, 5.74) is 1.87. The Morgan fingerprint density at radius 3 is 2.56 bits per heavy atom. The van der Waals surface area contributed by atoms with Crippen molar-refractivity contribution in [2.45, 2.75) is 31.9 Å². The molecular formula is C10H12ClF3N4. The fourth-order valence-electron chi connectivity index (χ4n) is 1.96. The van der Waals surface area contributed by atoms with Crippen molar-refractivity contribution >= 4 is 22.8 Å². The Balaban J connectivity index is 2.46. The molecule has 100 valence electrons. The Hall–Kier alpha value is -1.24. The molecule has 0 spiro atoms. The summed E-state index contributed by atoms with van der Waals surface area (Å²) >= 11 is 5.72. The second kappa shape index (κ2) is 4.46. The van der Waals surface area contributed by atoms with Gasteiger partial charge in [0.15, 0.2) is 5.65 Å². The number of nitrogens with zero attached hydrogens (tertiary/aromatic N) is 4. The van der Waals surface area contributed by atoms with Crippen molar-refractivity contribution in [1.82, 2.24) is 19.3 Å². The lowest BCUT2D eigenvalue weighted by Crippen LogP contribution is -2.14. The maximum Gasteiger partial charge on any atom is 0.390 e. The molecule has 0 saturated carbocycles. The van der Waals surface area contributed by atoms with Crippen LogP contribution in [-0.4, -0.2) is 25.5 Å². The van der Waals surface area contributed by atoms with Crippen molar-refractivity contribution in [2.75, 3.05) is 0 Å². The molecule has 8 heteroatoms. The average molecular weight is 281 g/mol. The summed E-state index contributed by atoms with van der Waals surface area (Å²) in [6, 6.07) is 0. The summed E-state index contributed by atoms with van der Waals surface area (Å²) in [5, 5.41) is 4.14. The van der Waals surface area contributed by atoms with Gasteiger partial charge in [0.25, 0.3) is 0 Å². The molecule has 0 atom stereocenters. The third kappa shape index (κ3) is 2.31. The fraction of sp³-hybridized carbons (Fsp3) is 0.600. The van der Waals surface area contributed by atoms with Crippen LogP contribution in [0.25, 0.3) is 11.2 Å². The number of fused-ring (bicyclic) bond motifs is 1. The summed E-state index contributed by atoms with van der Waals surface area (Å²) in [6.07, 6.45) is -5.11. The molecule has 0 radical (unpaired) electrons. The topological polar surface area (TPSA) is 35.6 Å². The molecule has 0 saturated heterocycles. The highest BCUT2D eigenvalue weighted by molar-refractivity contribution is 6.16. The van der Waals surface area contributed by atoms with Crippen molar-refractivity contribution in [3.8, 4) is 0 Å². The van der Waals surface area contributed by atoms with E-state index in [0.29, 0.717) is 22.7 Å². The van der Waals surface area contributed by atoms with Gasteiger partial charge in [0, 0.05) is 13.6 Å². The standard InChI is InChI=1S/C10H12ClF3N4/c1-6-8-9(17(2)16-6)18(7(5-11)15-8)4-3-10(12,13)14/h3-5H2,1-2H3. The number of hydrogen-bond acceptors (Lipinski definition) is 2. The quantitative estimate of drug-likeness (QED) is 0.811. The zero-order valence-electron chi connectivity index (χ0n) is 9.92. The maximum atomic E-state index is 12.3. The number of imidazole rings is 1. The largest absolute Gasteiger partial charge is 0.390 e. The van der Waals surface area contributed by atoms with Crippen LogP contribution in [0.5, 0.6) is 0 Å². The van der Waals surface area contributed by atoms with Gasteiger partial charge < -0.3 is 4.57 Å². The summed E-state index contributed by atoms with van der Waals surface area (Å²) in [7, 11) is 1.68. The molecule has 2 heterocycles. The molecule has 0 N–H and O–H groups in total. The molecule has 0 unspecified atom stereocenters. The molecule has 0 amide bonds. The number of aryl methyl sites for hydroxylation is 3. The first-order valence-corrected chi connectivity index (χ1v) is 5.88. The first-order valence-electron chi connectivity index (χ1n) is 5.35. The Morgan fingerprint density at radius 2 is 2.00 bits per heavy atom. The van der Waals surface area contributed by atoms with Gasteiger partial charge in [-0.3, -0.25) is 4.68 Å². The lowest BCUT2D eigenvalue weighted by atomic mass is 10.4. The molecule has 2 aromatic rings. The van der Waals surface area contributed by atoms with Gasteiger partial charge in [-0.2, -0.15) is 18.3 Å². The lowest BCUT2D eigenvalue weighted by Gasteiger charge is -2.10. The van der Waals surface area contributed by atoms with Crippen LogP contribution < -0.4 is 0 Å². The van der Waals surface area contributed by atoms with Crippen molar-refractivity contribution in [3.63, 3.8) is 0 Å². The van der Waals surface area contributed by atoms with Gasteiger partial charge in [0.1, 0.15) is 11.3 Å². The third-order valence-electron chi connectivity index (χ3n) is 2.71. The minimum Gasteiger partial charge on any atom is -0.312 e. The molecule has 0 aliphatic carbocycles. The molecule has 0 fully saturated rings. The minimum absolute atomic E-state index is 0.0754. The molecular weight excluding hydrogens is 269 g/mol. The van der Waals surface area contributed by atoms with Crippen molar-refractivity contribution in [2.24, 2.45) is 7.05 Å². The molecule has 0 bridgehead atoms. The second-order valence-electron chi connectivity index (χ2n) is 4.06. The molecule has 2 rings (SSSR count). The van der Waals surface area contributed by atoms with E-state index in [0.717, 1.165) is 0 Å². The molecule has 0 aromatic carbocycles. The van der Waals surface area contributed by atoms with Gasteiger partial charge in [0.2, 0.25) is 0 Å². The van der Waals surface area contributed by atoms with Gasteiger partial charge in [0.05, 0.1) is 18.0 Å². The van der Waals surface area contributed by atoms with Gasteiger partial charge in [-0.25, -0.2) is 4.98 Å². The Kier molecular flexibility index (Phi) is 3.27. The predicted octanol–water partition coefficient (Wildman–Crippen LogP) is 2.77. The van der Waals surface area contributed by atoms with Crippen LogP contribution in [0.1, 0.15) is 17.9 Å². The highest BCUT2D eigenvalue weighted by Crippen LogP contribution is 2.25. The van der Waals surface area contributed by atoms with Crippen LogP contribution in [0, 0.1) is 6.92 Å². The number of rotatable bonds is 3. The summed E-state index contributed by atoms with van der Waals surface area (Å²) in [5.74, 6) is 0.512. The average Bonchev–Trinajstić information content (AvgIpc) is 2.74. The number of alkyl halides is 4. The van der Waals surface area contributed by atoms with Crippen molar-refractivity contribution in [3.05, 3.63) is 11.5 Å². The highest BCUT2D eigenvalue weighted by Gasteiger charge is 2.28. The van der Waals surface area contributed by atoms with Crippen LogP contribution in [-0.2, 0) is 19.5 Å².